The van der Waals surface area contributed by atoms with Crippen LogP contribution in [0.5, 0.6) is 0 Å². The SMILES string of the molecule is CCCN=c1cccccc1NCCC. The van der Waals surface area contributed by atoms with E-state index in [1.165, 1.54) is 0 Å². The van der Waals surface area contributed by atoms with Crippen LogP contribution in [0.15, 0.2) is 35.3 Å². The molecular formula is C13H20N2. The maximum absolute atomic E-state index is 4.56. The summed E-state index contributed by atoms with van der Waals surface area (Å²) in [6.07, 6.45) is 2.22. The third-order valence-corrected chi connectivity index (χ3v) is 2.09. The quantitative estimate of drug-likeness (QED) is 0.783. The van der Waals surface area contributed by atoms with Crippen LogP contribution in [-0.2, 0) is 0 Å². The lowest BCUT2D eigenvalue weighted by Gasteiger charge is -2.02. The van der Waals surface area contributed by atoms with E-state index in [4.69, 9.17) is 0 Å². The molecule has 0 aliphatic rings. The van der Waals surface area contributed by atoms with Crippen molar-refractivity contribution in [1.82, 2.24) is 0 Å². The van der Waals surface area contributed by atoms with Gasteiger partial charge in [0.25, 0.3) is 0 Å². The molecule has 82 valence electrons. The predicted octanol–water partition coefficient (Wildman–Crippen LogP) is 2.82. The van der Waals surface area contributed by atoms with E-state index < -0.39 is 0 Å². The van der Waals surface area contributed by atoms with Gasteiger partial charge in [-0.2, -0.15) is 0 Å². The molecule has 0 radical (unpaired) electrons. The molecule has 2 heteroatoms. The summed E-state index contributed by atoms with van der Waals surface area (Å²) in [5.41, 5.74) is 1.13. The second-order valence-electron chi connectivity index (χ2n) is 3.52. The molecular weight excluding hydrogens is 184 g/mol. The second kappa shape index (κ2) is 7.04. The lowest BCUT2D eigenvalue weighted by Crippen LogP contribution is -2.11. The van der Waals surface area contributed by atoms with Crippen molar-refractivity contribution in [1.29, 1.82) is 0 Å². The Morgan fingerprint density at radius 3 is 2.60 bits per heavy atom. The van der Waals surface area contributed by atoms with Crippen LogP contribution in [0.3, 0.4) is 0 Å². The summed E-state index contributed by atoms with van der Waals surface area (Å²) in [7, 11) is 0. The zero-order valence-corrected chi connectivity index (χ0v) is 9.66. The molecule has 0 fully saturated rings. The van der Waals surface area contributed by atoms with Crippen LogP contribution in [0.4, 0.5) is 5.69 Å². The zero-order chi connectivity index (χ0) is 10.9. The van der Waals surface area contributed by atoms with Crippen LogP contribution in [0, 0.1) is 0 Å². The highest BCUT2D eigenvalue weighted by molar-refractivity contribution is 5.41. The Kier molecular flexibility index (Phi) is 5.52. The van der Waals surface area contributed by atoms with Gasteiger partial charge >= 0.3 is 0 Å². The fourth-order valence-electron chi connectivity index (χ4n) is 1.32. The van der Waals surface area contributed by atoms with Gasteiger partial charge in [-0.3, -0.25) is 4.99 Å². The van der Waals surface area contributed by atoms with Crippen LogP contribution in [0.1, 0.15) is 26.7 Å². The highest BCUT2D eigenvalue weighted by Gasteiger charge is 1.91. The van der Waals surface area contributed by atoms with Gasteiger partial charge in [0, 0.05) is 13.1 Å². The predicted molar refractivity (Wildman–Crippen MR) is 65.9 cm³/mol. The number of hydrogen-bond donors (Lipinski definition) is 1. The molecule has 0 amide bonds. The average Bonchev–Trinajstić information content (AvgIpc) is 2.48. The Labute approximate surface area is 92.1 Å². The summed E-state index contributed by atoms with van der Waals surface area (Å²) in [6.45, 7) is 6.20. The topological polar surface area (TPSA) is 24.4 Å². The zero-order valence-electron chi connectivity index (χ0n) is 9.66. The van der Waals surface area contributed by atoms with E-state index in [1.54, 1.807) is 0 Å². The molecule has 0 atom stereocenters. The number of hydrogen-bond acceptors (Lipinski definition) is 2. The third kappa shape index (κ3) is 4.15. The van der Waals surface area contributed by atoms with E-state index in [1.807, 2.05) is 18.2 Å². The third-order valence-electron chi connectivity index (χ3n) is 2.09. The van der Waals surface area contributed by atoms with Crippen LogP contribution < -0.4 is 10.7 Å². The van der Waals surface area contributed by atoms with Crippen molar-refractivity contribution in [3.05, 3.63) is 35.7 Å². The first kappa shape index (κ1) is 11.8. The normalized spacial score (nSPS) is 11.5. The molecule has 2 nitrogen and oxygen atoms in total. The van der Waals surface area contributed by atoms with Crippen LogP contribution in [0.2, 0.25) is 0 Å². The van der Waals surface area contributed by atoms with Crippen molar-refractivity contribution in [2.24, 2.45) is 4.99 Å². The number of rotatable bonds is 5. The summed E-state index contributed by atoms with van der Waals surface area (Å²) < 4.78 is 0. The molecule has 1 N–H and O–H groups in total. The van der Waals surface area contributed by atoms with Crippen molar-refractivity contribution in [2.75, 3.05) is 18.4 Å². The molecule has 0 aliphatic carbocycles. The summed E-state index contributed by atoms with van der Waals surface area (Å²) in [6, 6.07) is 10.3. The van der Waals surface area contributed by atoms with Gasteiger partial charge < -0.3 is 5.32 Å². The molecule has 1 aromatic rings. The molecule has 0 aromatic heterocycles. The molecule has 0 bridgehead atoms. The van der Waals surface area contributed by atoms with Gasteiger partial charge in [0.15, 0.2) is 0 Å². The summed E-state index contributed by atoms with van der Waals surface area (Å²) in [5.74, 6) is 0. The fourth-order valence-corrected chi connectivity index (χ4v) is 1.32. The lowest BCUT2D eigenvalue weighted by atomic mass is 10.3. The van der Waals surface area contributed by atoms with Crippen LogP contribution in [0.25, 0.3) is 0 Å². The minimum absolute atomic E-state index is 0.894. The summed E-state index contributed by atoms with van der Waals surface area (Å²) >= 11 is 0. The molecule has 0 unspecified atom stereocenters. The number of anilines is 1. The lowest BCUT2D eigenvalue weighted by molar-refractivity contribution is 0.901. The maximum Gasteiger partial charge on any atom is 0.0805 e. The Hall–Kier alpha value is -1.31. The molecule has 1 aromatic carbocycles. The molecule has 1 rings (SSSR count). The number of nitrogens with zero attached hydrogens (tertiary/aromatic N) is 1. The minimum atomic E-state index is 0.894. The van der Waals surface area contributed by atoms with Gasteiger partial charge in [0.2, 0.25) is 0 Å². The molecule has 0 aliphatic heterocycles. The van der Waals surface area contributed by atoms with E-state index in [-0.39, 0.29) is 0 Å². The smallest absolute Gasteiger partial charge is 0.0805 e. The van der Waals surface area contributed by atoms with Gasteiger partial charge in [-0.05, 0) is 25.0 Å². The van der Waals surface area contributed by atoms with Crippen molar-refractivity contribution in [2.45, 2.75) is 26.7 Å². The van der Waals surface area contributed by atoms with E-state index >= 15 is 0 Å². The Bertz CT molecular complexity index is 345. The molecule has 0 saturated carbocycles. The fraction of sp³-hybridized carbons (Fsp3) is 0.462. The Morgan fingerprint density at radius 2 is 1.87 bits per heavy atom. The first-order valence-electron chi connectivity index (χ1n) is 5.72. The van der Waals surface area contributed by atoms with Gasteiger partial charge in [0.05, 0.1) is 11.0 Å². The van der Waals surface area contributed by atoms with Gasteiger partial charge in [-0.15, -0.1) is 0 Å². The van der Waals surface area contributed by atoms with Crippen molar-refractivity contribution in [3.63, 3.8) is 0 Å². The summed E-state index contributed by atoms with van der Waals surface area (Å²) in [4.78, 5) is 4.56. The maximum atomic E-state index is 4.56. The Morgan fingerprint density at radius 1 is 1.07 bits per heavy atom. The number of nitrogens with one attached hydrogen (secondary N) is 1. The molecule has 0 spiro atoms. The van der Waals surface area contributed by atoms with E-state index in [0.717, 1.165) is 37.0 Å². The average molecular weight is 204 g/mol. The standard InChI is InChI=1S/C13H20N2/c1-3-10-14-12-8-6-5-7-9-13(12)15-11-4-2/h5-9H,3-4,10-11H2,1-2H3,(H,14,15). The molecule has 15 heavy (non-hydrogen) atoms. The Balaban J connectivity index is 2.96. The van der Waals surface area contributed by atoms with Crippen LogP contribution in [-0.4, -0.2) is 13.1 Å². The largest absolute Gasteiger partial charge is 0.383 e. The van der Waals surface area contributed by atoms with Gasteiger partial charge in [-0.1, -0.05) is 32.0 Å². The first-order chi connectivity index (χ1) is 7.38. The van der Waals surface area contributed by atoms with Gasteiger partial charge in [0.1, 0.15) is 0 Å². The minimum Gasteiger partial charge on any atom is -0.383 e. The van der Waals surface area contributed by atoms with Crippen molar-refractivity contribution >= 4 is 5.69 Å². The highest BCUT2D eigenvalue weighted by atomic mass is 14.9. The van der Waals surface area contributed by atoms with Crippen molar-refractivity contribution < 1.29 is 0 Å². The highest BCUT2D eigenvalue weighted by Crippen LogP contribution is 1.97. The molecule has 0 heterocycles. The monoisotopic (exact) mass is 204 g/mol. The van der Waals surface area contributed by atoms with Crippen molar-refractivity contribution in [3.8, 4) is 0 Å². The van der Waals surface area contributed by atoms with E-state index in [0.29, 0.717) is 0 Å². The van der Waals surface area contributed by atoms with E-state index in [2.05, 4.69) is 36.3 Å². The second-order valence-corrected chi connectivity index (χ2v) is 3.52. The van der Waals surface area contributed by atoms with Gasteiger partial charge in [-0.25, -0.2) is 0 Å². The van der Waals surface area contributed by atoms with Crippen LogP contribution >= 0.6 is 0 Å². The van der Waals surface area contributed by atoms with E-state index in [9.17, 15) is 0 Å². The first-order valence-corrected chi connectivity index (χ1v) is 5.72. The summed E-state index contributed by atoms with van der Waals surface area (Å²) in [5, 5.41) is 4.46. The molecule has 0 saturated heterocycles.